The lowest BCUT2D eigenvalue weighted by Gasteiger charge is -2.32. The molecule has 1 atom stereocenters. The van der Waals surface area contributed by atoms with Crippen molar-refractivity contribution in [3.05, 3.63) is 59.7 Å². The Kier molecular flexibility index (Phi) is 7.75. The fraction of sp³-hybridized carbons (Fsp3) is 0.348. The maximum absolute atomic E-state index is 12.8. The highest BCUT2D eigenvalue weighted by Crippen LogP contribution is 2.25. The summed E-state index contributed by atoms with van der Waals surface area (Å²) in [6, 6.07) is 12.9. The van der Waals surface area contributed by atoms with Gasteiger partial charge in [-0.25, -0.2) is 0 Å². The second-order valence-corrected chi connectivity index (χ2v) is 7.49. The second kappa shape index (κ2) is 10.7. The number of halogens is 2. The van der Waals surface area contributed by atoms with Gasteiger partial charge in [0.25, 0.3) is 11.8 Å². The largest absolute Gasteiger partial charge is 0.455 e. The number of likely N-dealkylation sites (tertiary alicyclic amines) is 1. The SMILES string of the molecule is Cc1ccc(NC(=O)COC(=O)C2CCCN(C(=O)c3ccccc3OC(F)F)C2)cc1. The highest BCUT2D eigenvalue weighted by molar-refractivity contribution is 5.97. The minimum Gasteiger partial charge on any atom is -0.455 e. The van der Waals surface area contributed by atoms with Crippen LogP contribution in [0, 0.1) is 12.8 Å². The van der Waals surface area contributed by atoms with Gasteiger partial charge in [-0.1, -0.05) is 29.8 Å². The van der Waals surface area contributed by atoms with E-state index in [0.717, 1.165) is 5.56 Å². The van der Waals surface area contributed by atoms with Gasteiger partial charge in [0.15, 0.2) is 6.61 Å². The Balaban J connectivity index is 1.55. The monoisotopic (exact) mass is 446 g/mol. The second-order valence-electron chi connectivity index (χ2n) is 7.49. The molecule has 0 bridgehead atoms. The Morgan fingerprint density at radius 1 is 1.12 bits per heavy atom. The van der Waals surface area contributed by atoms with Crippen LogP contribution in [0.15, 0.2) is 48.5 Å². The number of alkyl halides is 2. The first-order valence-corrected chi connectivity index (χ1v) is 10.2. The lowest BCUT2D eigenvalue weighted by Crippen LogP contribution is -2.43. The molecule has 0 radical (unpaired) electrons. The van der Waals surface area contributed by atoms with E-state index in [-0.39, 0.29) is 17.9 Å². The van der Waals surface area contributed by atoms with Crippen molar-refractivity contribution in [3.63, 3.8) is 0 Å². The number of rotatable bonds is 7. The molecule has 3 rings (SSSR count). The van der Waals surface area contributed by atoms with Gasteiger partial charge in [-0.2, -0.15) is 8.78 Å². The number of ether oxygens (including phenoxy) is 2. The zero-order valence-corrected chi connectivity index (χ0v) is 17.6. The van der Waals surface area contributed by atoms with Crippen molar-refractivity contribution >= 4 is 23.5 Å². The summed E-state index contributed by atoms with van der Waals surface area (Å²) in [7, 11) is 0. The van der Waals surface area contributed by atoms with E-state index in [1.54, 1.807) is 18.2 Å². The van der Waals surface area contributed by atoms with Crippen LogP contribution < -0.4 is 10.1 Å². The molecule has 9 heteroatoms. The third-order valence-electron chi connectivity index (χ3n) is 5.06. The number of esters is 1. The highest BCUT2D eigenvalue weighted by atomic mass is 19.3. The van der Waals surface area contributed by atoms with E-state index >= 15 is 0 Å². The molecular formula is C23H24F2N2O5. The molecule has 170 valence electrons. The number of carbonyl (C=O) groups excluding carboxylic acids is 3. The number of benzene rings is 2. The molecule has 1 N–H and O–H groups in total. The predicted octanol–water partition coefficient (Wildman–Crippen LogP) is 3.63. The summed E-state index contributed by atoms with van der Waals surface area (Å²) in [6.07, 6.45) is 1.04. The summed E-state index contributed by atoms with van der Waals surface area (Å²) in [6.45, 7) is -1.13. The molecule has 32 heavy (non-hydrogen) atoms. The van der Waals surface area contributed by atoms with E-state index < -0.39 is 36.9 Å². The lowest BCUT2D eigenvalue weighted by atomic mass is 9.97. The van der Waals surface area contributed by atoms with Crippen molar-refractivity contribution in [2.75, 3.05) is 25.0 Å². The highest BCUT2D eigenvalue weighted by Gasteiger charge is 2.31. The molecule has 0 saturated carbocycles. The molecule has 0 spiro atoms. The first kappa shape index (κ1) is 23.2. The molecule has 0 aromatic heterocycles. The fourth-order valence-corrected chi connectivity index (χ4v) is 3.45. The molecule has 1 unspecified atom stereocenters. The van der Waals surface area contributed by atoms with E-state index in [1.807, 2.05) is 19.1 Å². The van der Waals surface area contributed by atoms with Gasteiger partial charge >= 0.3 is 12.6 Å². The first-order valence-electron chi connectivity index (χ1n) is 10.2. The Hall–Kier alpha value is -3.49. The summed E-state index contributed by atoms with van der Waals surface area (Å²) in [5, 5.41) is 2.64. The number of amides is 2. The van der Waals surface area contributed by atoms with E-state index in [0.29, 0.717) is 25.1 Å². The van der Waals surface area contributed by atoms with Crippen LogP contribution in [0.3, 0.4) is 0 Å². The van der Waals surface area contributed by atoms with E-state index in [1.165, 1.54) is 23.1 Å². The number of piperidine rings is 1. The van der Waals surface area contributed by atoms with Crippen LogP contribution in [-0.4, -0.2) is 49.0 Å². The Labute approximate surface area is 184 Å². The van der Waals surface area contributed by atoms with Gasteiger partial charge < -0.3 is 19.7 Å². The lowest BCUT2D eigenvalue weighted by molar-refractivity contribution is -0.152. The fourth-order valence-electron chi connectivity index (χ4n) is 3.45. The van der Waals surface area contributed by atoms with Gasteiger partial charge in [-0.05, 0) is 44.0 Å². The Morgan fingerprint density at radius 2 is 1.84 bits per heavy atom. The summed E-state index contributed by atoms with van der Waals surface area (Å²) in [4.78, 5) is 38.8. The third kappa shape index (κ3) is 6.26. The zero-order valence-electron chi connectivity index (χ0n) is 17.6. The molecule has 2 aromatic carbocycles. The zero-order chi connectivity index (χ0) is 23.1. The van der Waals surface area contributed by atoms with E-state index in [4.69, 9.17) is 4.74 Å². The molecule has 1 aliphatic rings. The summed E-state index contributed by atoms with van der Waals surface area (Å²) >= 11 is 0. The van der Waals surface area contributed by atoms with Gasteiger partial charge in [0.2, 0.25) is 0 Å². The Morgan fingerprint density at radius 3 is 2.56 bits per heavy atom. The number of hydrogen-bond acceptors (Lipinski definition) is 5. The summed E-state index contributed by atoms with van der Waals surface area (Å²) in [5.41, 5.74) is 1.64. The van der Waals surface area contributed by atoms with Crippen molar-refractivity contribution in [3.8, 4) is 5.75 Å². The van der Waals surface area contributed by atoms with Gasteiger partial charge in [0.05, 0.1) is 11.5 Å². The number of hydrogen-bond donors (Lipinski definition) is 1. The van der Waals surface area contributed by atoms with Crippen LogP contribution in [0.4, 0.5) is 14.5 Å². The predicted molar refractivity (Wildman–Crippen MR) is 112 cm³/mol. The van der Waals surface area contributed by atoms with Gasteiger partial charge in [0, 0.05) is 18.8 Å². The van der Waals surface area contributed by atoms with Crippen LogP contribution in [-0.2, 0) is 14.3 Å². The standard InChI is InChI=1S/C23H24F2N2O5/c1-15-8-10-17(11-9-15)26-20(28)14-31-22(30)16-5-4-12-27(13-16)21(29)18-6-2-3-7-19(18)32-23(24)25/h2-3,6-11,16,23H,4-5,12-14H2,1H3,(H,26,28). The molecule has 1 fully saturated rings. The van der Waals surface area contributed by atoms with Crippen molar-refractivity contribution in [2.24, 2.45) is 5.92 Å². The van der Waals surface area contributed by atoms with Crippen LogP contribution in [0.1, 0.15) is 28.8 Å². The van der Waals surface area contributed by atoms with Crippen molar-refractivity contribution < 1.29 is 32.6 Å². The van der Waals surface area contributed by atoms with Crippen molar-refractivity contribution in [2.45, 2.75) is 26.4 Å². The van der Waals surface area contributed by atoms with Crippen LogP contribution in [0.5, 0.6) is 5.75 Å². The van der Waals surface area contributed by atoms with E-state index in [2.05, 4.69) is 10.1 Å². The van der Waals surface area contributed by atoms with Gasteiger partial charge in [-0.3, -0.25) is 14.4 Å². The molecule has 1 saturated heterocycles. The minimum absolute atomic E-state index is 0.000655. The number of carbonyl (C=O) groups is 3. The maximum atomic E-state index is 12.8. The molecular weight excluding hydrogens is 422 g/mol. The normalized spacial score (nSPS) is 15.9. The van der Waals surface area contributed by atoms with Crippen LogP contribution in [0.2, 0.25) is 0 Å². The molecule has 1 heterocycles. The smallest absolute Gasteiger partial charge is 0.387 e. The molecule has 2 aromatic rings. The first-order chi connectivity index (χ1) is 15.3. The van der Waals surface area contributed by atoms with Crippen molar-refractivity contribution in [1.82, 2.24) is 4.90 Å². The number of nitrogens with one attached hydrogen (secondary N) is 1. The topological polar surface area (TPSA) is 84.9 Å². The summed E-state index contributed by atoms with van der Waals surface area (Å²) in [5.74, 6) is -2.38. The van der Waals surface area contributed by atoms with Crippen molar-refractivity contribution in [1.29, 1.82) is 0 Å². The van der Waals surface area contributed by atoms with E-state index in [9.17, 15) is 23.2 Å². The maximum Gasteiger partial charge on any atom is 0.387 e. The van der Waals surface area contributed by atoms with Crippen LogP contribution >= 0.6 is 0 Å². The molecule has 2 amide bonds. The number of aryl methyl sites for hydroxylation is 1. The number of nitrogens with zero attached hydrogens (tertiary/aromatic N) is 1. The van der Waals surface area contributed by atoms with Gasteiger partial charge in [0.1, 0.15) is 5.75 Å². The Bertz CT molecular complexity index is 965. The third-order valence-corrected chi connectivity index (χ3v) is 5.06. The minimum atomic E-state index is -3.06. The molecule has 7 nitrogen and oxygen atoms in total. The number of para-hydroxylation sites is 1. The van der Waals surface area contributed by atoms with Gasteiger partial charge in [-0.15, -0.1) is 0 Å². The van der Waals surface area contributed by atoms with Crippen LogP contribution in [0.25, 0.3) is 0 Å². The summed E-state index contributed by atoms with van der Waals surface area (Å²) < 4.78 is 34.8. The molecule has 0 aliphatic carbocycles. The molecule has 1 aliphatic heterocycles. The average molecular weight is 446 g/mol. The average Bonchev–Trinajstić information content (AvgIpc) is 2.78. The number of anilines is 1. The quantitative estimate of drug-likeness (QED) is 0.657.